The van der Waals surface area contributed by atoms with Gasteiger partial charge in [0, 0.05) is 28.3 Å². The van der Waals surface area contributed by atoms with Crippen molar-refractivity contribution in [2.45, 2.75) is 24.7 Å². The summed E-state index contributed by atoms with van der Waals surface area (Å²) in [6, 6.07) is 13.2. The molecule has 0 aromatic heterocycles. The van der Waals surface area contributed by atoms with Gasteiger partial charge in [-0.15, -0.1) is 11.8 Å². The van der Waals surface area contributed by atoms with Crippen molar-refractivity contribution in [3.8, 4) is 0 Å². The van der Waals surface area contributed by atoms with Gasteiger partial charge in [-0.2, -0.15) is 0 Å². The van der Waals surface area contributed by atoms with E-state index in [0.29, 0.717) is 17.5 Å². The van der Waals surface area contributed by atoms with Crippen LogP contribution in [0.15, 0.2) is 47.4 Å². The minimum atomic E-state index is -0.160. The van der Waals surface area contributed by atoms with Crippen LogP contribution in [0, 0.1) is 0 Å². The molecule has 1 N–H and O–H groups in total. The van der Waals surface area contributed by atoms with E-state index in [9.17, 15) is 9.59 Å². The number of ketones is 1. The maximum Gasteiger partial charge on any atom is 0.256 e. The molecule has 2 aromatic carbocycles. The summed E-state index contributed by atoms with van der Waals surface area (Å²) in [6.45, 7) is 2.08. The van der Waals surface area contributed by atoms with E-state index in [0.717, 1.165) is 22.8 Å². The molecule has 2 aromatic rings. The minimum Gasteiger partial charge on any atom is -0.322 e. The van der Waals surface area contributed by atoms with Crippen LogP contribution in [0.4, 0.5) is 5.69 Å². The summed E-state index contributed by atoms with van der Waals surface area (Å²) in [5.41, 5.74) is 3.22. The first-order chi connectivity index (χ1) is 10.7. The Morgan fingerprint density at radius 3 is 2.86 bits per heavy atom. The van der Waals surface area contributed by atoms with Crippen molar-refractivity contribution in [2.75, 3.05) is 11.1 Å². The predicted octanol–water partition coefficient (Wildman–Crippen LogP) is 4.18. The zero-order valence-corrected chi connectivity index (χ0v) is 13.2. The summed E-state index contributed by atoms with van der Waals surface area (Å²) >= 11 is 1.58. The van der Waals surface area contributed by atoms with Crippen molar-refractivity contribution < 1.29 is 9.59 Å². The Morgan fingerprint density at radius 2 is 2.05 bits per heavy atom. The van der Waals surface area contributed by atoms with E-state index >= 15 is 0 Å². The second-order valence-electron chi connectivity index (χ2n) is 5.21. The summed E-state index contributed by atoms with van der Waals surface area (Å²) in [6.07, 6.45) is 1.47. The molecule has 1 aliphatic heterocycles. The second kappa shape index (κ2) is 6.36. The molecular formula is C18H17NO2S. The minimum absolute atomic E-state index is 0.122. The third kappa shape index (κ3) is 2.92. The largest absolute Gasteiger partial charge is 0.322 e. The topological polar surface area (TPSA) is 46.2 Å². The molecule has 1 aliphatic rings. The average Bonchev–Trinajstić information content (AvgIpc) is 2.55. The summed E-state index contributed by atoms with van der Waals surface area (Å²) in [7, 11) is 0. The number of hydrogen-bond acceptors (Lipinski definition) is 3. The standard InChI is InChI=1S/C18H17NO2S/c1-2-12-5-3-6-13(11-12)19-18(21)15-8-4-7-14-16(20)9-10-22-17(14)15/h3-8,11H,2,9-10H2,1H3,(H,19,21). The molecule has 112 valence electrons. The van der Waals surface area contributed by atoms with Gasteiger partial charge in [0.2, 0.25) is 0 Å². The van der Waals surface area contributed by atoms with Gasteiger partial charge in [-0.05, 0) is 30.2 Å². The van der Waals surface area contributed by atoms with Gasteiger partial charge in [-0.25, -0.2) is 0 Å². The molecule has 4 heteroatoms. The van der Waals surface area contributed by atoms with Gasteiger partial charge in [-0.1, -0.05) is 31.2 Å². The molecule has 0 saturated heterocycles. The van der Waals surface area contributed by atoms with Crippen molar-refractivity contribution in [1.82, 2.24) is 0 Å². The van der Waals surface area contributed by atoms with Crippen LogP contribution in [-0.2, 0) is 6.42 Å². The number of benzene rings is 2. The number of amides is 1. The van der Waals surface area contributed by atoms with E-state index in [1.165, 1.54) is 5.56 Å². The van der Waals surface area contributed by atoms with Crippen LogP contribution in [0.25, 0.3) is 0 Å². The van der Waals surface area contributed by atoms with Gasteiger partial charge in [-0.3, -0.25) is 9.59 Å². The predicted molar refractivity (Wildman–Crippen MR) is 89.9 cm³/mol. The molecule has 0 aliphatic carbocycles. The van der Waals surface area contributed by atoms with Crippen LogP contribution < -0.4 is 5.32 Å². The van der Waals surface area contributed by atoms with Crippen LogP contribution in [0.2, 0.25) is 0 Å². The van der Waals surface area contributed by atoms with Crippen molar-refractivity contribution in [3.63, 3.8) is 0 Å². The number of anilines is 1. The quantitative estimate of drug-likeness (QED) is 0.925. The highest BCUT2D eigenvalue weighted by Crippen LogP contribution is 2.33. The fourth-order valence-electron chi connectivity index (χ4n) is 2.54. The number of aryl methyl sites for hydroxylation is 1. The molecule has 0 radical (unpaired) electrons. The van der Waals surface area contributed by atoms with E-state index in [-0.39, 0.29) is 11.7 Å². The van der Waals surface area contributed by atoms with E-state index in [2.05, 4.69) is 12.2 Å². The molecule has 22 heavy (non-hydrogen) atoms. The highest BCUT2D eigenvalue weighted by atomic mass is 32.2. The average molecular weight is 311 g/mol. The van der Waals surface area contributed by atoms with Crippen molar-refractivity contribution in [3.05, 3.63) is 59.2 Å². The summed E-state index contributed by atoms with van der Waals surface area (Å²) in [4.78, 5) is 25.3. The zero-order valence-electron chi connectivity index (χ0n) is 12.4. The lowest BCUT2D eigenvalue weighted by atomic mass is 10.0. The molecule has 0 unspecified atom stereocenters. The number of rotatable bonds is 3. The molecule has 0 fully saturated rings. The number of hydrogen-bond donors (Lipinski definition) is 1. The van der Waals surface area contributed by atoms with Gasteiger partial charge in [0.15, 0.2) is 5.78 Å². The van der Waals surface area contributed by atoms with Gasteiger partial charge in [0.25, 0.3) is 5.91 Å². The van der Waals surface area contributed by atoms with Crippen molar-refractivity contribution in [1.29, 1.82) is 0 Å². The van der Waals surface area contributed by atoms with Crippen LogP contribution in [0.5, 0.6) is 0 Å². The third-order valence-electron chi connectivity index (χ3n) is 3.73. The first-order valence-electron chi connectivity index (χ1n) is 7.38. The highest BCUT2D eigenvalue weighted by molar-refractivity contribution is 7.99. The first-order valence-corrected chi connectivity index (χ1v) is 8.37. The van der Waals surface area contributed by atoms with E-state index in [1.807, 2.05) is 24.3 Å². The SMILES string of the molecule is CCc1cccc(NC(=O)c2cccc3c2SCCC3=O)c1. The molecule has 0 atom stereocenters. The van der Waals surface area contributed by atoms with Crippen LogP contribution in [-0.4, -0.2) is 17.4 Å². The van der Waals surface area contributed by atoms with Gasteiger partial charge in [0.05, 0.1) is 5.56 Å². The zero-order chi connectivity index (χ0) is 15.5. The van der Waals surface area contributed by atoms with Crippen molar-refractivity contribution >= 4 is 29.1 Å². The van der Waals surface area contributed by atoms with Crippen LogP contribution in [0.3, 0.4) is 0 Å². The monoisotopic (exact) mass is 311 g/mol. The smallest absolute Gasteiger partial charge is 0.256 e. The van der Waals surface area contributed by atoms with E-state index < -0.39 is 0 Å². The molecule has 0 bridgehead atoms. The maximum atomic E-state index is 12.6. The molecule has 3 nitrogen and oxygen atoms in total. The number of fused-ring (bicyclic) bond motifs is 1. The number of thioether (sulfide) groups is 1. The Kier molecular flexibility index (Phi) is 4.29. The number of carbonyl (C=O) groups excluding carboxylic acids is 2. The Balaban J connectivity index is 1.89. The lowest BCUT2D eigenvalue weighted by Crippen LogP contribution is -2.17. The fourth-order valence-corrected chi connectivity index (χ4v) is 3.68. The Bertz CT molecular complexity index is 740. The van der Waals surface area contributed by atoms with Crippen LogP contribution >= 0.6 is 11.8 Å². The molecule has 0 spiro atoms. The number of carbonyl (C=O) groups is 2. The van der Waals surface area contributed by atoms with Crippen molar-refractivity contribution in [2.24, 2.45) is 0 Å². The summed E-state index contributed by atoms with van der Waals surface area (Å²) in [5, 5.41) is 2.93. The van der Waals surface area contributed by atoms with E-state index in [1.54, 1.807) is 30.0 Å². The molecule has 3 rings (SSSR count). The first kappa shape index (κ1) is 14.9. The normalized spacial score (nSPS) is 13.6. The Labute approximate surface area is 134 Å². The Hall–Kier alpha value is -2.07. The molecule has 1 amide bonds. The maximum absolute atomic E-state index is 12.6. The van der Waals surface area contributed by atoms with Gasteiger partial charge >= 0.3 is 0 Å². The number of Topliss-reactive ketones (excluding diaryl/α,β-unsaturated/α-hetero) is 1. The van der Waals surface area contributed by atoms with Gasteiger partial charge in [0.1, 0.15) is 0 Å². The van der Waals surface area contributed by atoms with E-state index in [4.69, 9.17) is 0 Å². The summed E-state index contributed by atoms with van der Waals surface area (Å²) < 4.78 is 0. The lowest BCUT2D eigenvalue weighted by Gasteiger charge is -2.17. The highest BCUT2D eigenvalue weighted by Gasteiger charge is 2.23. The van der Waals surface area contributed by atoms with Crippen LogP contribution in [0.1, 0.15) is 39.6 Å². The van der Waals surface area contributed by atoms with Gasteiger partial charge < -0.3 is 5.32 Å². The Morgan fingerprint density at radius 1 is 1.23 bits per heavy atom. The molecule has 1 heterocycles. The fraction of sp³-hybridized carbons (Fsp3) is 0.222. The molecule has 0 saturated carbocycles. The molecular weight excluding hydrogens is 294 g/mol. The lowest BCUT2D eigenvalue weighted by molar-refractivity contribution is 0.0984. The second-order valence-corrected chi connectivity index (χ2v) is 6.32. The summed E-state index contributed by atoms with van der Waals surface area (Å²) in [5.74, 6) is 0.699. The number of nitrogens with one attached hydrogen (secondary N) is 1. The third-order valence-corrected chi connectivity index (χ3v) is 4.87.